The average molecular weight is 517 g/mol. The first kappa shape index (κ1) is 23.9. The molecule has 0 radical (unpaired) electrons. The van der Waals surface area contributed by atoms with Crippen LogP contribution in [0.3, 0.4) is 0 Å². The molecule has 10 nitrogen and oxygen atoms in total. The van der Waals surface area contributed by atoms with Crippen LogP contribution in [0.1, 0.15) is 24.0 Å². The molecule has 0 aliphatic carbocycles. The molecule has 2 aromatic carbocycles. The fourth-order valence-corrected chi connectivity index (χ4v) is 5.63. The van der Waals surface area contributed by atoms with E-state index in [4.69, 9.17) is 5.73 Å². The zero-order chi connectivity index (χ0) is 25.6. The summed E-state index contributed by atoms with van der Waals surface area (Å²) in [7, 11) is 1.81. The SMILES string of the molecule is Cn1nc2c(=O)n(CC3(O)CCN(Cc4ccc5nsnc5c4)CC3)cnc2c1-c1ccc(CN)cc1. The number of likely N-dealkylation sites (tertiary alicyclic amines) is 1. The first-order valence-electron chi connectivity index (χ1n) is 12.3. The van der Waals surface area contributed by atoms with Crippen molar-refractivity contribution in [2.45, 2.75) is 38.1 Å². The number of aryl methyl sites for hydroxylation is 1. The number of benzene rings is 2. The number of nitrogens with two attached hydrogens (primary N) is 1. The van der Waals surface area contributed by atoms with E-state index in [1.54, 1.807) is 4.68 Å². The van der Waals surface area contributed by atoms with Crippen LogP contribution >= 0.6 is 11.7 Å². The van der Waals surface area contributed by atoms with Crippen molar-refractivity contribution in [1.82, 2.24) is 33.0 Å². The van der Waals surface area contributed by atoms with E-state index < -0.39 is 5.60 Å². The summed E-state index contributed by atoms with van der Waals surface area (Å²) in [5, 5.41) is 15.8. The highest BCUT2D eigenvalue weighted by Gasteiger charge is 2.33. The van der Waals surface area contributed by atoms with Crippen LogP contribution in [0.4, 0.5) is 0 Å². The molecule has 0 amide bonds. The minimum Gasteiger partial charge on any atom is -0.388 e. The first-order valence-corrected chi connectivity index (χ1v) is 13.0. The van der Waals surface area contributed by atoms with Gasteiger partial charge < -0.3 is 10.8 Å². The number of aromatic nitrogens is 6. The molecule has 3 aromatic heterocycles. The molecule has 6 rings (SSSR count). The van der Waals surface area contributed by atoms with Gasteiger partial charge in [0.15, 0.2) is 5.52 Å². The summed E-state index contributed by atoms with van der Waals surface area (Å²) in [5.41, 5.74) is 11.1. The lowest BCUT2D eigenvalue weighted by Gasteiger charge is -2.38. The minimum absolute atomic E-state index is 0.191. The van der Waals surface area contributed by atoms with Crippen LogP contribution in [0.5, 0.6) is 0 Å². The third-order valence-electron chi connectivity index (χ3n) is 7.25. The summed E-state index contributed by atoms with van der Waals surface area (Å²) >= 11 is 1.22. The van der Waals surface area contributed by atoms with Gasteiger partial charge in [-0.1, -0.05) is 30.3 Å². The van der Waals surface area contributed by atoms with Crippen molar-refractivity contribution in [3.63, 3.8) is 0 Å². The van der Waals surface area contributed by atoms with Gasteiger partial charge in [0.2, 0.25) is 0 Å². The van der Waals surface area contributed by atoms with E-state index in [1.165, 1.54) is 28.2 Å². The van der Waals surface area contributed by atoms with Gasteiger partial charge in [0.25, 0.3) is 5.56 Å². The van der Waals surface area contributed by atoms with E-state index in [0.29, 0.717) is 30.4 Å². The Balaban J connectivity index is 1.18. The molecule has 4 heterocycles. The second-order valence-electron chi connectivity index (χ2n) is 9.84. The fourth-order valence-electron chi connectivity index (χ4n) is 5.12. The Hall–Kier alpha value is -3.51. The maximum absolute atomic E-state index is 13.3. The molecule has 0 atom stereocenters. The van der Waals surface area contributed by atoms with Crippen LogP contribution in [-0.4, -0.2) is 56.8 Å². The fraction of sp³-hybridized carbons (Fsp3) is 0.346. The molecule has 0 unspecified atom stereocenters. The lowest BCUT2D eigenvalue weighted by atomic mass is 9.91. The van der Waals surface area contributed by atoms with Crippen molar-refractivity contribution >= 4 is 33.8 Å². The normalized spacial score (nSPS) is 16.1. The van der Waals surface area contributed by atoms with Gasteiger partial charge in [-0.05, 0) is 36.1 Å². The van der Waals surface area contributed by atoms with Gasteiger partial charge in [-0.2, -0.15) is 13.8 Å². The van der Waals surface area contributed by atoms with Crippen LogP contribution in [0.2, 0.25) is 0 Å². The minimum atomic E-state index is -0.978. The number of fused-ring (bicyclic) bond motifs is 2. The Labute approximate surface area is 217 Å². The number of nitrogens with zero attached hydrogens (tertiary/aromatic N) is 7. The van der Waals surface area contributed by atoms with Crippen molar-refractivity contribution in [2.75, 3.05) is 13.1 Å². The van der Waals surface area contributed by atoms with Crippen LogP contribution in [0, 0.1) is 0 Å². The van der Waals surface area contributed by atoms with E-state index in [-0.39, 0.29) is 12.1 Å². The Morgan fingerprint density at radius 1 is 1.03 bits per heavy atom. The zero-order valence-electron chi connectivity index (χ0n) is 20.5. The number of rotatable bonds is 6. The van der Waals surface area contributed by atoms with Gasteiger partial charge >= 0.3 is 0 Å². The molecule has 1 fully saturated rings. The molecule has 190 valence electrons. The van der Waals surface area contributed by atoms with Gasteiger partial charge in [-0.25, -0.2) is 4.98 Å². The topological polar surface area (TPSA) is 128 Å². The van der Waals surface area contributed by atoms with Gasteiger partial charge in [-0.3, -0.25) is 18.9 Å². The van der Waals surface area contributed by atoms with Crippen molar-refractivity contribution in [2.24, 2.45) is 12.8 Å². The third kappa shape index (κ3) is 4.55. The summed E-state index contributed by atoms with van der Waals surface area (Å²) in [5.74, 6) is 0. The van der Waals surface area contributed by atoms with E-state index in [1.807, 2.05) is 37.4 Å². The monoisotopic (exact) mass is 516 g/mol. The smallest absolute Gasteiger partial charge is 0.281 e. The van der Waals surface area contributed by atoms with Gasteiger partial charge in [0.05, 0.1) is 35.9 Å². The predicted molar refractivity (Wildman–Crippen MR) is 143 cm³/mol. The number of hydrogen-bond acceptors (Lipinski definition) is 9. The maximum atomic E-state index is 13.3. The van der Waals surface area contributed by atoms with Gasteiger partial charge in [-0.15, -0.1) is 0 Å². The molecular formula is C26H28N8O2S. The lowest BCUT2D eigenvalue weighted by molar-refractivity contribution is -0.0364. The Bertz CT molecular complexity index is 1630. The quantitative estimate of drug-likeness (QED) is 0.352. The summed E-state index contributed by atoms with van der Waals surface area (Å²) < 4.78 is 11.8. The predicted octanol–water partition coefficient (Wildman–Crippen LogP) is 2.29. The van der Waals surface area contributed by atoms with Crippen LogP contribution < -0.4 is 11.3 Å². The second-order valence-corrected chi connectivity index (χ2v) is 10.4. The summed E-state index contributed by atoms with van der Waals surface area (Å²) in [6.07, 6.45) is 2.67. The van der Waals surface area contributed by atoms with Crippen molar-refractivity contribution in [1.29, 1.82) is 0 Å². The molecule has 0 saturated carbocycles. The summed E-state index contributed by atoms with van der Waals surface area (Å²) in [4.78, 5) is 20.2. The Morgan fingerprint density at radius 3 is 2.51 bits per heavy atom. The van der Waals surface area contributed by atoms with Crippen LogP contribution in [0.15, 0.2) is 53.6 Å². The second kappa shape index (κ2) is 9.42. The number of piperidine rings is 1. The van der Waals surface area contributed by atoms with E-state index in [0.717, 1.165) is 47.5 Å². The Morgan fingerprint density at radius 2 is 1.76 bits per heavy atom. The largest absolute Gasteiger partial charge is 0.388 e. The van der Waals surface area contributed by atoms with Crippen LogP contribution in [0.25, 0.3) is 33.3 Å². The highest BCUT2D eigenvalue weighted by Crippen LogP contribution is 2.28. The van der Waals surface area contributed by atoms with Gasteiger partial charge in [0.1, 0.15) is 16.6 Å². The summed E-state index contributed by atoms with van der Waals surface area (Å²) in [6, 6.07) is 14.0. The van der Waals surface area contributed by atoms with Crippen molar-refractivity contribution in [3.8, 4) is 11.3 Å². The van der Waals surface area contributed by atoms with Crippen LogP contribution in [-0.2, 0) is 26.7 Å². The molecule has 1 aliphatic heterocycles. The Kier molecular flexibility index (Phi) is 6.07. The summed E-state index contributed by atoms with van der Waals surface area (Å²) in [6.45, 7) is 2.92. The molecule has 37 heavy (non-hydrogen) atoms. The molecule has 0 bridgehead atoms. The molecule has 1 saturated heterocycles. The van der Waals surface area contributed by atoms with Crippen molar-refractivity contribution < 1.29 is 5.11 Å². The van der Waals surface area contributed by atoms with Gasteiger partial charge in [0, 0.05) is 38.8 Å². The highest BCUT2D eigenvalue weighted by molar-refractivity contribution is 7.00. The van der Waals surface area contributed by atoms with E-state index in [2.05, 4.69) is 35.9 Å². The highest BCUT2D eigenvalue weighted by atomic mass is 32.1. The molecule has 0 spiro atoms. The zero-order valence-corrected chi connectivity index (χ0v) is 21.4. The number of hydrogen-bond donors (Lipinski definition) is 2. The lowest BCUT2D eigenvalue weighted by Crippen LogP contribution is -2.47. The molecule has 5 aromatic rings. The molecule has 11 heteroatoms. The third-order valence-corrected chi connectivity index (χ3v) is 7.81. The number of aliphatic hydroxyl groups is 1. The average Bonchev–Trinajstić information content (AvgIpc) is 3.51. The molecular weight excluding hydrogens is 488 g/mol. The molecule has 1 aliphatic rings. The van der Waals surface area contributed by atoms with E-state index >= 15 is 0 Å². The van der Waals surface area contributed by atoms with Crippen molar-refractivity contribution in [3.05, 3.63) is 70.3 Å². The first-order chi connectivity index (χ1) is 17.9. The maximum Gasteiger partial charge on any atom is 0.281 e. The van der Waals surface area contributed by atoms with E-state index in [9.17, 15) is 9.90 Å². The molecule has 3 N–H and O–H groups in total. The standard InChI is InChI=1S/C26H28N8O2S/c1-32-24(19-5-2-17(13-27)3-6-19)22-23(29-32)25(35)34(16-28-22)15-26(36)8-10-33(11-9-26)14-18-4-7-20-21(12-18)31-37-30-20/h2-7,12,16,36H,8-11,13-15,27H2,1H3.